The molecule has 7 heteroatoms. The number of ether oxygens (including phenoxy) is 1. The summed E-state index contributed by atoms with van der Waals surface area (Å²) in [6, 6.07) is 0. The minimum Gasteiger partial charge on any atom is -0.368 e. The summed E-state index contributed by atoms with van der Waals surface area (Å²) in [5.41, 5.74) is 0.959. The molecule has 6 nitrogen and oxygen atoms in total. The van der Waals surface area contributed by atoms with Crippen LogP contribution in [0.4, 0.5) is 0 Å². The van der Waals surface area contributed by atoms with Crippen LogP contribution in [0.3, 0.4) is 0 Å². The Hall–Kier alpha value is -0.920. The molecule has 0 spiro atoms. The Bertz CT molecular complexity index is 578. The predicted molar refractivity (Wildman–Crippen MR) is 79.4 cm³/mol. The molecule has 0 radical (unpaired) electrons. The maximum atomic E-state index is 12.8. The van der Waals surface area contributed by atoms with Crippen molar-refractivity contribution in [3.8, 4) is 0 Å². The van der Waals surface area contributed by atoms with Crippen LogP contribution in [0.5, 0.6) is 0 Å². The van der Waals surface area contributed by atoms with E-state index in [0.717, 1.165) is 43.6 Å². The van der Waals surface area contributed by atoms with Gasteiger partial charge < -0.3 is 9.72 Å². The molecule has 21 heavy (non-hydrogen) atoms. The molecule has 2 fully saturated rings. The Morgan fingerprint density at radius 1 is 1.33 bits per heavy atom. The van der Waals surface area contributed by atoms with Gasteiger partial charge in [0.1, 0.15) is 11.9 Å². The van der Waals surface area contributed by atoms with E-state index in [2.05, 4.69) is 9.97 Å². The molecule has 0 bridgehead atoms. The third-order valence-electron chi connectivity index (χ3n) is 4.39. The highest BCUT2D eigenvalue weighted by Gasteiger charge is 2.37. The number of nitrogens with one attached hydrogen (secondary N) is 1. The first kappa shape index (κ1) is 15.0. The molecular weight excluding hydrogens is 290 g/mol. The topological polar surface area (TPSA) is 75.3 Å². The lowest BCUT2D eigenvalue weighted by Gasteiger charge is -2.34. The first-order valence-corrected chi connectivity index (χ1v) is 9.20. The van der Waals surface area contributed by atoms with E-state index in [-0.39, 0.29) is 11.4 Å². The number of morpholine rings is 1. The van der Waals surface area contributed by atoms with Crippen LogP contribution in [-0.4, -0.2) is 47.6 Å². The van der Waals surface area contributed by atoms with Gasteiger partial charge in [-0.25, -0.2) is 13.4 Å². The van der Waals surface area contributed by atoms with Gasteiger partial charge in [0.25, 0.3) is 0 Å². The average Bonchev–Trinajstić information content (AvgIpc) is 2.95. The smallest absolute Gasteiger partial charge is 0.217 e. The van der Waals surface area contributed by atoms with Crippen LogP contribution in [0.1, 0.15) is 49.7 Å². The molecule has 1 aromatic rings. The van der Waals surface area contributed by atoms with Crippen LogP contribution in [0.15, 0.2) is 6.20 Å². The summed E-state index contributed by atoms with van der Waals surface area (Å²) >= 11 is 0. The number of hydrogen-bond donors (Lipinski definition) is 1. The lowest BCUT2D eigenvalue weighted by atomic mass is 10.0. The van der Waals surface area contributed by atoms with Gasteiger partial charge in [0.2, 0.25) is 10.0 Å². The van der Waals surface area contributed by atoms with Gasteiger partial charge in [0.15, 0.2) is 0 Å². The number of rotatable bonds is 3. The molecule has 1 atom stereocenters. The average molecular weight is 313 g/mol. The monoisotopic (exact) mass is 313 g/mol. The van der Waals surface area contributed by atoms with Crippen LogP contribution in [0.2, 0.25) is 0 Å². The molecule has 0 aromatic carbocycles. The summed E-state index contributed by atoms with van der Waals surface area (Å²) in [5, 5.41) is -0.205. The Morgan fingerprint density at radius 2 is 2.10 bits per heavy atom. The van der Waals surface area contributed by atoms with Crippen LogP contribution in [0, 0.1) is 6.92 Å². The van der Waals surface area contributed by atoms with Crippen LogP contribution >= 0.6 is 0 Å². The first-order chi connectivity index (χ1) is 10.1. The van der Waals surface area contributed by atoms with Gasteiger partial charge in [0.05, 0.1) is 11.9 Å². The zero-order valence-corrected chi connectivity index (χ0v) is 13.2. The lowest BCUT2D eigenvalue weighted by Crippen LogP contribution is -2.46. The third kappa shape index (κ3) is 3.14. The molecule has 1 aromatic heterocycles. The maximum absolute atomic E-state index is 12.8. The zero-order valence-electron chi connectivity index (χ0n) is 12.4. The molecule has 1 aliphatic carbocycles. The molecule has 1 aliphatic heterocycles. The van der Waals surface area contributed by atoms with Gasteiger partial charge in [-0.05, 0) is 19.8 Å². The van der Waals surface area contributed by atoms with Crippen LogP contribution < -0.4 is 0 Å². The maximum Gasteiger partial charge on any atom is 0.217 e. The van der Waals surface area contributed by atoms with Crippen molar-refractivity contribution < 1.29 is 13.2 Å². The minimum absolute atomic E-state index is 0.205. The number of imidazole rings is 1. The Balaban J connectivity index is 1.73. The summed E-state index contributed by atoms with van der Waals surface area (Å²) in [7, 11) is -3.21. The van der Waals surface area contributed by atoms with E-state index in [1.165, 1.54) is 0 Å². The number of aromatic nitrogens is 2. The Kier molecular flexibility index (Phi) is 4.33. The Labute approximate surface area is 125 Å². The molecular formula is C14H23N3O3S. The first-order valence-electron chi connectivity index (χ1n) is 7.69. The van der Waals surface area contributed by atoms with E-state index in [1.807, 2.05) is 6.92 Å². The van der Waals surface area contributed by atoms with Crippen molar-refractivity contribution in [1.29, 1.82) is 0 Å². The molecule has 2 aliphatic rings. The van der Waals surface area contributed by atoms with Crippen molar-refractivity contribution >= 4 is 10.0 Å². The van der Waals surface area contributed by atoms with E-state index in [1.54, 1.807) is 10.5 Å². The predicted octanol–water partition coefficient (Wildman–Crippen LogP) is 1.75. The van der Waals surface area contributed by atoms with E-state index < -0.39 is 10.0 Å². The van der Waals surface area contributed by atoms with Crippen molar-refractivity contribution in [2.45, 2.75) is 50.4 Å². The number of H-pyrrole nitrogens is 1. The molecule has 0 amide bonds. The fourth-order valence-electron chi connectivity index (χ4n) is 3.19. The number of sulfonamides is 1. The minimum atomic E-state index is -3.21. The largest absolute Gasteiger partial charge is 0.368 e. The van der Waals surface area contributed by atoms with Crippen LogP contribution in [-0.2, 0) is 14.8 Å². The number of aryl methyl sites for hydroxylation is 1. The van der Waals surface area contributed by atoms with Crippen molar-refractivity contribution in [2.75, 3.05) is 19.7 Å². The summed E-state index contributed by atoms with van der Waals surface area (Å²) in [4.78, 5) is 7.41. The molecule has 1 saturated carbocycles. The SMILES string of the molecule is Cc1cnc(C2CN(S(=O)(=O)C3CCCCC3)CCO2)[nH]1. The van der Waals surface area contributed by atoms with Gasteiger partial charge in [0, 0.05) is 25.0 Å². The molecule has 118 valence electrons. The number of aromatic amines is 1. The van der Waals surface area contributed by atoms with Gasteiger partial charge in [-0.15, -0.1) is 0 Å². The van der Waals surface area contributed by atoms with E-state index in [4.69, 9.17) is 4.74 Å². The summed E-state index contributed by atoms with van der Waals surface area (Å²) in [6.45, 7) is 3.17. The standard InChI is InChI=1S/C14H23N3O3S/c1-11-9-15-14(16-11)13-10-17(7-8-20-13)21(18,19)12-5-3-2-4-6-12/h9,12-13H,2-8,10H2,1H3,(H,15,16). The fourth-order valence-corrected chi connectivity index (χ4v) is 5.22. The van der Waals surface area contributed by atoms with Crippen molar-refractivity contribution in [3.63, 3.8) is 0 Å². The van der Waals surface area contributed by atoms with E-state index >= 15 is 0 Å². The van der Waals surface area contributed by atoms with E-state index in [0.29, 0.717) is 19.7 Å². The molecule has 1 saturated heterocycles. The highest BCUT2D eigenvalue weighted by atomic mass is 32.2. The lowest BCUT2D eigenvalue weighted by molar-refractivity contribution is -0.00749. The van der Waals surface area contributed by atoms with Gasteiger partial charge in [-0.3, -0.25) is 0 Å². The molecule has 1 unspecified atom stereocenters. The van der Waals surface area contributed by atoms with E-state index in [9.17, 15) is 8.42 Å². The summed E-state index contributed by atoms with van der Waals surface area (Å²) in [6.07, 6.45) is 6.25. The second-order valence-corrected chi connectivity index (χ2v) is 8.19. The molecule has 1 N–H and O–H groups in total. The van der Waals surface area contributed by atoms with Gasteiger partial charge >= 0.3 is 0 Å². The molecule has 2 heterocycles. The normalized spacial score (nSPS) is 26.0. The number of nitrogens with zero attached hydrogens (tertiary/aromatic N) is 2. The highest BCUT2D eigenvalue weighted by Crippen LogP contribution is 2.29. The van der Waals surface area contributed by atoms with Crippen molar-refractivity contribution in [2.24, 2.45) is 0 Å². The fraction of sp³-hybridized carbons (Fsp3) is 0.786. The second-order valence-electron chi connectivity index (χ2n) is 5.97. The highest BCUT2D eigenvalue weighted by molar-refractivity contribution is 7.89. The zero-order chi connectivity index (χ0) is 14.9. The number of hydrogen-bond acceptors (Lipinski definition) is 4. The molecule has 3 rings (SSSR count). The Morgan fingerprint density at radius 3 is 2.76 bits per heavy atom. The van der Waals surface area contributed by atoms with Gasteiger partial charge in [-0.2, -0.15) is 4.31 Å². The summed E-state index contributed by atoms with van der Waals surface area (Å²) < 4.78 is 32.8. The summed E-state index contributed by atoms with van der Waals surface area (Å²) in [5.74, 6) is 0.719. The quantitative estimate of drug-likeness (QED) is 0.922. The van der Waals surface area contributed by atoms with Crippen molar-refractivity contribution in [1.82, 2.24) is 14.3 Å². The second kappa shape index (κ2) is 6.06. The third-order valence-corrected chi connectivity index (χ3v) is 6.76. The van der Waals surface area contributed by atoms with Gasteiger partial charge in [-0.1, -0.05) is 19.3 Å². The van der Waals surface area contributed by atoms with Crippen molar-refractivity contribution in [3.05, 3.63) is 17.7 Å². The van der Waals surface area contributed by atoms with Crippen LogP contribution in [0.25, 0.3) is 0 Å².